The van der Waals surface area contributed by atoms with Crippen molar-refractivity contribution in [3.63, 3.8) is 0 Å². The largest absolute Gasteiger partial charge is 0.417 e. The Labute approximate surface area is 138 Å². The number of pyridine rings is 1. The molecule has 128 valence electrons. The van der Waals surface area contributed by atoms with Crippen LogP contribution in [0.2, 0.25) is 5.02 Å². The van der Waals surface area contributed by atoms with Crippen molar-refractivity contribution >= 4 is 23.3 Å². The van der Waals surface area contributed by atoms with E-state index in [1.807, 2.05) is 18.7 Å². The lowest BCUT2D eigenvalue weighted by Gasteiger charge is -2.33. The van der Waals surface area contributed by atoms with Crippen LogP contribution in [0.4, 0.5) is 19.0 Å². The first-order valence-corrected chi connectivity index (χ1v) is 7.84. The summed E-state index contributed by atoms with van der Waals surface area (Å²) in [6, 6.07) is 0.980. The Bertz CT molecular complexity index is 570. The number of amides is 1. The van der Waals surface area contributed by atoms with Gasteiger partial charge in [0.15, 0.2) is 0 Å². The summed E-state index contributed by atoms with van der Waals surface area (Å²) in [5.74, 6) is 0.274. The van der Waals surface area contributed by atoms with Gasteiger partial charge in [-0.25, -0.2) is 4.98 Å². The van der Waals surface area contributed by atoms with E-state index in [1.54, 1.807) is 0 Å². The second kappa shape index (κ2) is 6.95. The fraction of sp³-hybridized carbons (Fsp3) is 0.600. The van der Waals surface area contributed by atoms with Crippen LogP contribution in [0.15, 0.2) is 12.3 Å². The van der Waals surface area contributed by atoms with Gasteiger partial charge in [-0.15, -0.1) is 0 Å². The SMILES string of the molecule is CC(C)NC(=O)C1CCN(c2ncc(C(F)(F)F)cc2Cl)CC1. The highest BCUT2D eigenvalue weighted by atomic mass is 35.5. The van der Waals surface area contributed by atoms with Crippen molar-refractivity contribution in [2.24, 2.45) is 5.92 Å². The number of piperidine rings is 1. The van der Waals surface area contributed by atoms with Crippen molar-refractivity contribution < 1.29 is 18.0 Å². The lowest BCUT2D eigenvalue weighted by Crippen LogP contribution is -2.42. The molecule has 2 rings (SSSR count). The van der Waals surface area contributed by atoms with Crippen LogP contribution in [0.1, 0.15) is 32.3 Å². The number of nitrogens with one attached hydrogen (secondary N) is 1. The summed E-state index contributed by atoms with van der Waals surface area (Å²) in [6.07, 6.45) is -2.43. The molecule has 0 spiro atoms. The molecular formula is C15H19ClF3N3O. The van der Waals surface area contributed by atoms with E-state index in [0.29, 0.717) is 31.7 Å². The number of rotatable bonds is 3. The smallest absolute Gasteiger partial charge is 0.355 e. The first-order chi connectivity index (χ1) is 10.7. The third-order valence-corrected chi connectivity index (χ3v) is 4.02. The summed E-state index contributed by atoms with van der Waals surface area (Å²) in [5.41, 5.74) is -0.863. The van der Waals surface area contributed by atoms with E-state index >= 15 is 0 Å². The number of hydrogen-bond acceptors (Lipinski definition) is 3. The molecule has 1 N–H and O–H groups in total. The molecule has 0 radical (unpaired) electrons. The predicted molar refractivity (Wildman–Crippen MR) is 82.5 cm³/mol. The van der Waals surface area contributed by atoms with Gasteiger partial charge in [-0.3, -0.25) is 4.79 Å². The van der Waals surface area contributed by atoms with Crippen LogP contribution in [0.3, 0.4) is 0 Å². The Morgan fingerprint density at radius 1 is 1.39 bits per heavy atom. The Kier molecular flexibility index (Phi) is 5.39. The highest BCUT2D eigenvalue weighted by Gasteiger charge is 2.33. The number of alkyl halides is 3. The standard InChI is InChI=1S/C15H19ClF3N3O/c1-9(2)21-14(23)10-3-5-22(6-4-10)13-12(16)7-11(8-20-13)15(17,18)19/h7-10H,3-6H2,1-2H3,(H,21,23). The summed E-state index contributed by atoms with van der Waals surface area (Å²) < 4.78 is 37.9. The minimum atomic E-state index is -4.46. The van der Waals surface area contributed by atoms with E-state index in [9.17, 15) is 18.0 Å². The molecule has 23 heavy (non-hydrogen) atoms. The van der Waals surface area contributed by atoms with Crippen LogP contribution < -0.4 is 10.2 Å². The van der Waals surface area contributed by atoms with E-state index in [1.165, 1.54) is 0 Å². The topological polar surface area (TPSA) is 45.2 Å². The quantitative estimate of drug-likeness (QED) is 0.908. The number of anilines is 1. The molecule has 1 aromatic rings. The Balaban J connectivity index is 2.02. The summed E-state index contributed by atoms with van der Waals surface area (Å²) >= 11 is 5.95. The first-order valence-electron chi connectivity index (χ1n) is 7.46. The first kappa shape index (κ1) is 17.8. The molecule has 0 unspecified atom stereocenters. The number of hydrogen-bond donors (Lipinski definition) is 1. The lowest BCUT2D eigenvalue weighted by atomic mass is 9.95. The predicted octanol–water partition coefficient (Wildman–Crippen LogP) is 3.49. The van der Waals surface area contributed by atoms with E-state index in [4.69, 9.17) is 11.6 Å². The van der Waals surface area contributed by atoms with Crippen molar-refractivity contribution in [2.75, 3.05) is 18.0 Å². The van der Waals surface area contributed by atoms with E-state index in [2.05, 4.69) is 10.3 Å². The zero-order valence-electron chi connectivity index (χ0n) is 13.0. The molecule has 1 aromatic heterocycles. The van der Waals surface area contributed by atoms with Crippen LogP contribution in [-0.4, -0.2) is 30.0 Å². The number of nitrogens with zero attached hydrogens (tertiary/aromatic N) is 2. The maximum absolute atomic E-state index is 12.6. The molecule has 1 saturated heterocycles. The van der Waals surface area contributed by atoms with Gasteiger partial charge in [0.05, 0.1) is 10.6 Å². The molecule has 8 heteroatoms. The van der Waals surface area contributed by atoms with Gasteiger partial charge >= 0.3 is 6.18 Å². The molecule has 0 atom stereocenters. The second-order valence-corrected chi connectivity index (χ2v) is 6.36. The molecule has 0 saturated carbocycles. The number of carbonyl (C=O) groups is 1. The zero-order valence-corrected chi connectivity index (χ0v) is 13.7. The zero-order chi connectivity index (χ0) is 17.2. The number of carbonyl (C=O) groups excluding carboxylic acids is 1. The van der Waals surface area contributed by atoms with E-state index in [-0.39, 0.29) is 22.9 Å². The maximum atomic E-state index is 12.6. The van der Waals surface area contributed by atoms with Gasteiger partial charge < -0.3 is 10.2 Å². The molecule has 0 aliphatic carbocycles. The molecular weight excluding hydrogens is 331 g/mol. The molecule has 4 nitrogen and oxygen atoms in total. The highest BCUT2D eigenvalue weighted by molar-refractivity contribution is 6.33. The van der Waals surface area contributed by atoms with Crippen LogP contribution in [-0.2, 0) is 11.0 Å². The minimum absolute atomic E-state index is 0.0196. The van der Waals surface area contributed by atoms with E-state index < -0.39 is 11.7 Å². The third kappa shape index (κ3) is 4.50. The highest BCUT2D eigenvalue weighted by Crippen LogP contribution is 2.34. The summed E-state index contributed by atoms with van der Waals surface area (Å²) in [4.78, 5) is 17.7. The molecule has 0 aromatic carbocycles. The minimum Gasteiger partial charge on any atom is -0.355 e. The monoisotopic (exact) mass is 349 g/mol. The molecule has 1 amide bonds. The fourth-order valence-electron chi connectivity index (χ4n) is 2.57. The van der Waals surface area contributed by atoms with Crippen LogP contribution in [0.5, 0.6) is 0 Å². The molecule has 1 aliphatic rings. The van der Waals surface area contributed by atoms with Crippen LogP contribution in [0.25, 0.3) is 0 Å². The van der Waals surface area contributed by atoms with Crippen LogP contribution >= 0.6 is 11.6 Å². The summed E-state index contributed by atoms with van der Waals surface area (Å²) in [7, 11) is 0. The normalized spacial score (nSPS) is 16.7. The van der Waals surface area contributed by atoms with Crippen molar-refractivity contribution in [3.8, 4) is 0 Å². The van der Waals surface area contributed by atoms with Crippen molar-refractivity contribution in [2.45, 2.75) is 38.9 Å². The molecule has 0 bridgehead atoms. The lowest BCUT2D eigenvalue weighted by molar-refractivity contribution is -0.137. The van der Waals surface area contributed by atoms with Crippen molar-refractivity contribution in [3.05, 3.63) is 22.8 Å². The Morgan fingerprint density at radius 2 is 2.00 bits per heavy atom. The molecule has 2 heterocycles. The number of halogens is 4. The molecule has 1 fully saturated rings. The van der Waals surface area contributed by atoms with Gasteiger partial charge in [0.1, 0.15) is 5.82 Å². The van der Waals surface area contributed by atoms with Gasteiger partial charge in [-0.1, -0.05) is 11.6 Å². The van der Waals surface area contributed by atoms with Gasteiger partial charge in [-0.05, 0) is 32.8 Å². The maximum Gasteiger partial charge on any atom is 0.417 e. The van der Waals surface area contributed by atoms with Crippen molar-refractivity contribution in [1.29, 1.82) is 0 Å². The van der Waals surface area contributed by atoms with Gasteiger partial charge in [0, 0.05) is 31.2 Å². The van der Waals surface area contributed by atoms with E-state index in [0.717, 1.165) is 12.3 Å². The fourth-order valence-corrected chi connectivity index (χ4v) is 2.86. The Hall–Kier alpha value is -1.50. The Morgan fingerprint density at radius 3 is 2.48 bits per heavy atom. The van der Waals surface area contributed by atoms with Gasteiger partial charge in [0.25, 0.3) is 0 Å². The molecule has 1 aliphatic heterocycles. The van der Waals surface area contributed by atoms with Gasteiger partial charge in [0.2, 0.25) is 5.91 Å². The average Bonchev–Trinajstić information content (AvgIpc) is 2.45. The number of aromatic nitrogens is 1. The van der Waals surface area contributed by atoms with Crippen LogP contribution in [0, 0.1) is 5.92 Å². The van der Waals surface area contributed by atoms with Crippen molar-refractivity contribution in [1.82, 2.24) is 10.3 Å². The average molecular weight is 350 g/mol. The summed E-state index contributed by atoms with van der Waals surface area (Å²) in [5, 5.41) is 2.86. The third-order valence-electron chi connectivity index (χ3n) is 3.75. The van der Waals surface area contributed by atoms with Gasteiger partial charge in [-0.2, -0.15) is 13.2 Å². The second-order valence-electron chi connectivity index (χ2n) is 5.95. The summed E-state index contributed by atoms with van der Waals surface area (Å²) in [6.45, 7) is 4.88.